The van der Waals surface area contributed by atoms with E-state index in [1.807, 2.05) is 0 Å². The van der Waals surface area contributed by atoms with Crippen LogP contribution in [0, 0.1) is 5.92 Å². The predicted octanol–water partition coefficient (Wildman–Crippen LogP) is 1.95. The summed E-state index contributed by atoms with van der Waals surface area (Å²) in [6.45, 7) is 6.80. The monoisotopic (exact) mass is 291 g/mol. The third kappa shape index (κ3) is 2.22. The Hall–Kier alpha value is -0.610. The lowest BCUT2D eigenvalue weighted by atomic mass is 9.97. The van der Waals surface area contributed by atoms with Gasteiger partial charge in [0.1, 0.15) is 0 Å². The SMILES string of the molecule is CC(C)C1NC2(CCCC2)C(=O)N1C1CCN(C2CC2)C1. The fraction of sp³-hybridized carbons (Fsp3) is 0.941. The van der Waals surface area contributed by atoms with E-state index in [9.17, 15) is 4.79 Å². The summed E-state index contributed by atoms with van der Waals surface area (Å²) in [5.74, 6) is 0.908. The minimum atomic E-state index is -0.206. The number of carbonyl (C=O) groups excluding carboxylic acids is 1. The summed E-state index contributed by atoms with van der Waals surface area (Å²) in [7, 11) is 0. The third-order valence-electron chi connectivity index (χ3n) is 6.11. The van der Waals surface area contributed by atoms with Crippen LogP contribution < -0.4 is 5.32 Å². The van der Waals surface area contributed by atoms with Crippen LogP contribution in [0.15, 0.2) is 0 Å². The highest BCUT2D eigenvalue weighted by Crippen LogP contribution is 2.40. The third-order valence-corrected chi connectivity index (χ3v) is 6.11. The molecule has 1 spiro atoms. The van der Waals surface area contributed by atoms with Crippen molar-refractivity contribution in [1.29, 1.82) is 0 Å². The second-order valence-corrected chi connectivity index (χ2v) is 8.00. The van der Waals surface area contributed by atoms with Gasteiger partial charge in [0.2, 0.25) is 5.91 Å². The van der Waals surface area contributed by atoms with Crippen LogP contribution in [0.4, 0.5) is 0 Å². The lowest BCUT2D eigenvalue weighted by Crippen LogP contribution is -2.48. The van der Waals surface area contributed by atoms with Crippen LogP contribution in [0.25, 0.3) is 0 Å². The number of amides is 1. The first-order chi connectivity index (χ1) is 10.1. The summed E-state index contributed by atoms with van der Waals surface area (Å²) in [6, 6.07) is 1.27. The number of rotatable bonds is 3. The number of nitrogens with zero attached hydrogens (tertiary/aromatic N) is 2. The van der Waals surface area contributed by atoms with Crippen molar-refractivity contribution in [1.82, 2.24) is 15.1 Å². The Morgan fingerprint density at radius 2 is 1.86 bits per heavy atom. The zero-order chi connectivity index (χ0) is 14.6. The second kappa shape index (κ2) is 4.95. The van der Waals surface area contributed by atoms with Gasteiger partial charge in [-0.2, -0.15) is 0 Å². The number of carbonyl (C=O) groups is 1. The Balaban J connectivity index is 1.55. The maximum absolute atomic E-state index is 13.2. The van der Waals surface area contributed by atoms with Crippen LogP contribution in [-0.2, 0) is 4.79 Å². The van der Waals surface area contributed by atoms with E-state index in [4.69, 9.17) is 0 Å². The van der Waals surface area contributed by atoms with Crippen LogP contribution in [0.1, 0.15) is 58.8 Å². The molecule has 21 heavy (non-hydrogen) atoms. The molecule has 0 aromatic rings. The van der Waals surface area contributed by atoms with Gasteiger partial charge < -0.3 is 4.90 Å². The molecule has 0 aromatic carbocycles. The van der Waals surface area contributed by atoms with Crippen molar-refractivity contribution in [3.63, 3.8) is 0 Å². The highest BCUT2D eigenvalue weighted by atomic mass is 16.2. The lowest BCUT2D eigenvalue weighted by molar-refractivity contribution is -0.135. The molecule has 2 aliphatic carbocycles. The normalized spacial score (nSPS) is 36.5. The van der Waals surface area contributed by atoms with Gasteiger partial charge in [0, 0.05) is 25.2 Å². The molecule has 2 heterocycles. The fourth-order valence-electron chi connectivity index (χ4n) is 4.77. The Morgan fingerprint density at radius 3 is 2.48 bits per heavy atom. The van der Waals surface area contributed by atoms with E-state index in [0.717, 1.165) is 25.4 Å². The molecule has 2 atom stereocenters. The fourth-order valence-corrected chi connectivity index (χ4v) is 4.77. The molecule has 118 valence electrons. The van der Waals surface area contributed by atoms with Gasteiger partial charge in [-0.15, -0.1) is 0 Å². The Morgan fingerprint density at radius 1 is 1.14 bits per heavy atom. The van der Waals surface area contributed by atoms with E-state index < -0.39 is 0 Å². The van der Waals surface area contributed by atoms with Gasteiger partial charge in [-0.05, 0) is 38.0 Å². The standard InChI is InChI=1S/C17H29N3O/c1-12(2)15-18-17(8-3-4-9-17)16(21)20(15)14-7-10-19(11-14)13-5-6-13/h12-15,18H,3-11H2,1-2H3. The van der Waals surface area contributed by atoms with Gasteiger partial charge in [-0.3, -0.25) is 15.0 Å². The Bertz CT molecular complexity index is 426. The summed E-state index contributed by atoms with van der Waals surface area (Å²) in [4.78, 5) is 18.1. The van der Waals surface area contributed by atoms with E-state index >= 15 is 0 Å². The van der Waals surface area contributed by atoms with E-state index in [2.05, 4.69) is 29.0 Å². The summed E-state index contributed by atoms with van der Waals surface area (Å²) in [5.41, 5.74) is -0.206. The molecule has 4 heteroatoms. The molecule has 2 saturated heterocycles. The molecule has 2 saturated carbocycles. The minimum Gasteiger partial charge on any atom is -0.321 e. The number of nitrogens with one attached hydrogen (secondary N) is 1. The molecule has 0 aromatic heterocycles. The molecular formula is C17H29N3O. The maximum atomic E-state index is 13.2. The van der Waals surface area contributed by atoms with Gasteiger partial charge in [-0.25, -0.2) is 0 Å². The summed E-state index contributed by atoms with van der Waals surface area (Å²) >= 11 is 0. The molecule has 1 N–H and O–H groups in total. The van der Waals surface area contributed by atoms with Crippen LogP contribution in [0.5, 0.6) is 0 Å². The van der Waals surface area contributed by atoms with E-state index in [1.165, 1.54) is 38.6 Å². The maximum Gasteiger partial charge on any atom is 0.244 e. The smallest absolute Gasteiger partial charge is 0.244 e. The zero-order valence-corrected chi connectivity index (χ0v) is 13.5. The average Bonchev–Trinajstić information content (AvgIpc) is 2.91. The first kappa shape index (κ1) is 14.0. The largest absolute Gasteiger partial charge is 0.321 e. The minimum absolute atomic E-state index is 0.206. The van der Waals surface area contributed by atoms with Gasteiger partial charge in [-0.1, -0.05) is 26.7 Å². The second-order valence-electron chi connectivity index (χ2n) is 8.00. The van der Waals surface area contributed by atoms with Crippen LogP contribution >= 0.6 is 0 Å². The number of likely N-dealkylation sites (tertiary alicyclic amines) is 1. The molecule has 2 unspecified atom stereocenters. The predicted molar refractivity (Wildman–Crippen MR) is 82.8 cm³/mol. The molecule has 4 nitrogen and oxygen atoms in total. The molecule has 4 fully saturated rings. The van der Waals surface area contributed by atoms with Gasteiger partial charge >= 0.3 is 0 Å². The molecule has 2 aliphatic heterocycles. The Labute approximate surface area is 128 Å². The molecule has 0 radical (unpaired) electrons. The van der Waals surface area contributed by atoms with Gasteiger partial charge in [0.05, 0.1) is 11.7 Å². The van der Waals surface area contributed by atoms with Crippen molar-refractivity contribution in [2.45, 2.75) is 82.6 Å². The highest BCUT2D eigenvalue weighted by Gasteiger charge is 2.55. The van der Waals surface area contributed by atoms with Crippen molar-refractivity contribution < 1.29 is 4.79 Å². The van der Waals surface area contributed by atoms with Crippen LogP contribution in [-0.4, -0.2) is 52.6 Å². The average molecular weight is 291 g/mol. The van der Waals surface area contributed by atoms with Crippen molar-refractivity contribution in [3.05, 3.63) is 0 Å². The topological polar surface area (TPSA) is 35.6 Å². The number of hydrogen-bond acceptors (Lipinski definition) is 3. The summed E-state index contributed by atoms with van der Waals surface area (Å²) < 4.78 is 0. The molecule has 1 amide bonds. The quantitative estimate of drug-likeness (QED) is 0.863. The first-order valence-electron chi connectivity index (χ1n) is 8.95. The van der Waals surface area contributed by atoms with E-state index in [0.29, 0.717) is 17.9 Å². The van der Waals surface area contributed by atoms with Gasteiger partial charge in [0.25, 0.3) is 0 Å². The van der Waals surface area contributed by atoms with E-state index in [1.54, 1.807) is 0 Å². The van der Waals surface area contributed by atoms with Gasteiger partial charge in [0.15, 0.2) is 0 Å². The molecule has 4 aliphatic rings. The van der Waals surface area contributed by atoms with Crippen molar-refractivity contribution in [3.8, 4) is 0 Å². The summed E-state index contributed by atoms with van der Waals surface area (Å²) in [6.07, 6.45) is 8.66. The molecule has 4 rings (SSSR count). The molecule has 0 bridgehead atoms. The Kier molecular flexibility index (Phi) is 3.30. The van der Waals surface area contributed by atoms with Crippen molar-refractivity contribution in [2.24, 2.45) is 5.92 Å². The number of hydrogen-bond donors (Lipinski definition) is 1. The summed E-state index contributed by atoms with van der Waals surface area (Å²) in [5, 5.41) is 3.76. The first-order valence-corrected chi connectivity index (χ1v) is 8.95. The zero-order valence-electron chi connectivity index (χ0n) is 13.5. The van der Waals surface area contributed by atoms with E-state index in [-0.39, 0.29) is 11.7 Å². The van der Waals surface area contributed by atoms with Crippen LogP contribution in [0.2, 0.25) is 0 Å². The van der Waals surface area contributed by atoms with Crippen molar-refractivity contribution in [2.75, 3.05) is 13.1 Å². The molecular weight excluding hydrogens is 262 g/mol. The van der Waals surface area contributed by atoms with Crippen LogP contribution in [0.3, 0.4) is 0 Å². The lowest BCUT2D eigenvalue weighted by Gasteiger charge is -2.32. The highest BCUT2D eigenvalue weighted by molar-refractivity contribution is 5.89. The van der Waals surface area contributed by atoms with Crippen molar-refractivity contribution >= 4 is 5.91 Å².